The normalized spacial score (nSPS) is 16.9. The zero-order valence-corrected chi connectivity index (χ0v) is 13.6. The van der Waals surface area contributed by atoms with Crippen LogP contribution in [0.2, 0.25) is 0 Å². The molecule has 0 unspecified atom stereocenters. The van der Waals surface area contributed by atoms with Crippen molar-refractivity contribution in [1.29, 1.82) is 0 Å². The van der Waals surface area contributed by atoms with Crippen molar-refractivity contribution in [3.05, 3.63) is 28.2 Å². The van der Waals surface area contributed by atoms with E-state index in [0.29, 0.717) is 0 Å². The van der Waals surface area contributed by atoms with Gasteiger partial charge in [-0.3, -0.25) is 9.69 Å². The SMILES string of the molecule is CNC(=O)C1CCN(Cc2ccc(OC)c(Br)c2)CC1. The highest BCUT2D eigenvalue weighted by molar-refractivity contribution is 9.10. The van der Waals surface area contributed by atoms with Gasteiger partial charge < -0.3 is 10.1 Å². The smallest absolute Gasteiger partial charge is 0.222 e. The van der Waals surface area contributed by atoms with Crippen LogP contribution in [0, 0.1) is 5.92 Å². The lowest BCUT2D eigenvalue weighted by molar-refractivity contribution is -0.125. The topological polar surface area (TPSA) is 41.6 Å². The van der Waals surface area contributed by atoms with Gasteiger partial charge in [-0.25, -0.2) is 0 Å². The van der Waals surface area contributed by atoms with Crippen LogP contribution in [0.15, 0.2) is 22.7 Å². The summed E-state index contributed by atoms with van der Waals surface area (Å²) in [5, 5.41) is 2.74. The Bertz CT molecular complexity index is 471. The van der Waals surface area contributed by atoms with Crippen molar-refractivity contribution in [1.82, 2.24) is 10.2 Å². The molecule has 1 aliphatic heterocycles. The summed E-state index contributed by atoms with van der Waals surface area (Å²) in [6.45, 7) is 2.87. The maximum Gasteiger partial charge on any atom is 0.222 e. The third-order valence-corrected chi connectivity index (χ3v) is 4.45. The van der Waals surface area contributed by atoms with E-state index in [1.807, 2.05) is 6.07 Å². The molecule has 0 radical (unpaired) electrons. The molecule has 1 N–H and O–H groups in total. The van der Waals surface area contributed by atoms with Crippen LogP contribution in [0.5, 0.6) is 5.75 Å². The molecule has 0 spiro atoms. The van der Waals surface area contributed by atoms with Crippen LogP contribution in [-0.4, -0.2) is 38.1 Å². The number of nitrogens with zero attached hydrogens (tertiary/aromatic N) is 1. The van der Waals surface area contributed by atoms with Crippen molar-refractivity contribution in [3.63, 3.8) is 0 Å². The van der Waals surface area contributed by atoms with Crippen LogP contribution in [0.25, 0.3) is 0 Å². The van der Waals surface area contributed by atoms with Crippen LogP contribution in [0.3, 0.4) is 0 Å². The number of rotatable bonds is 4. The average Bonchev–Trinajstić information content (AvgIpc) is 2.47. The Hall–Kier alpha value is -1.07. The summed E-state index contributed by atoms with van der Waals surface area (Å²) in [6, 6.07) is 6.18. The molecule has 4 nitrogen and oxygen atoms in total. The first kappa shape index (κ1) is 15.3. The summed E-state index contributed by atoms with van der Waals surface area (Å²) in [5.74, 6) is 1.21. The van der Waals surface area contributed by atoms with Gasteiger partial charge >= 0.3 is 0 Å². The minimum absolute atomic E-state index is 0.178. The van der Waals surface area contributed by atoms with Gasteiger partial charge in [0.25, 0.3) is 0 Å². The number of amides is 1. The lowest BCUT2D eigenvalue weighted by Crippen LogP contribution is -2.39. The van der Waals surface area contributed by atoms with Crippen LogP contribution in [-0.2, 0) is 11.3 Å². The number of nitrogens with one attached hydrogen (secondary N) is 1. The highest BCUT2D eigenvalue weighted by Crippen LogP contribution is 2.27. The molecule has 1 aromatic carbocycles. The zero-order chi connectivity index (χ0) is 14.5. The Morgan fingerprint density at radius 2 is 2.15 bits per heavy atom. The summed E-state index contributed by atoms with van der Waals surface area (Å²) in [5.41, 5.74) is 1.26. The first-order valence-corrected chi connectivity index (χ1v) is 7.69. The minimum atomic E-state index is 0.178. The van der Waals surface area contributed by atoms with Gasteiger partial charge in [0.2, 0.25) is 5.91 Å². The largest absolute Gasteiger partial charge is 0.496 e. The molecule has 110 valence electrons. The van der Waals surface area contributed by atoms with Gasteiger partial charge in [-0.2, -0.15) is 0 Å². The maximum absolute atomic E-state index is 11.6. The lowest BCUT2D eigenvalue weighted by atomic mass is 9.95. The number of carbonyl (C=O) groups is 1. The van der Waals surface area contributed by atoms with Crippen LogP contribution < -0.4 is 10.1 Å². The van der Waals surface area contributed by atoms with Crippen molar-refractivity contribution in [2.24, 2.45) is 5.92 Å². The number of piperidine rings is 1. The first-order valence-electron chi connectivity index (χ1n) is 6.90. The molecular weight excluding hydrogens is 320 g/mol. The van der Waals surface area contributed by atoms with E-state index in [1.165, 1.54) is 5.56 Å². The molecule has 0 bridgehead atoms. The standard InChI is InChI=1S/C15H21BrN2O2/c1-17-15(19)12-5-7-18(8-6-12)10-11-3-4-14(20-2)13(16)9-11/h3-4,9,12H,5-8,10H2,1-2H3,(H,17,19). The Balaban J connectivity index is 1.89. The van der Waals surface area contributed by atoms with E-state index in [1.54, 1.807) is 14.2 Å². The summed E-state index contributed by atoms with van der Waals surface area (Å²) >= 11 is 3.51. The molecule has 1 heterocycles. The van der Waals surface area contributed by atoms with Crippen LogP contribution >= 0.6 is 15.9 Å². The Morgan fingerprint density at radius 3 is 2.70 bits per heavy atom. The second-order valence-corrected chi connectivity index (χ2v) is 5.99. The number of ether oxygens (including phenoxy) is 1. The number of carbonyl (C=O) groups excluding carboxylic acids is 1. The second kappa shape index (κ2) is 7.09. The molecule has 2 rings (SSSR count). The molecule has 0 atom stereocenters. The fourth-order valence-corrected chi connectivity index (χ4v) is 3.21. The van der Waals surface area contributed by atoms with Crippen molar-refractivity contribution in [2.75, 3.05) is 27.2 Å². The number of methoxy groups -OCH3 is 1. The molecule has 20 heavy (non-hydrogen) atoms. The molecule has 5 heteroatoms. The molecular formula is C15H21BrN2O2. The van der Waals surface area contributed by atoms with Crippen molar-refractivity contribution in [3.8, 4) is 5.75 Å². The van der Waals surface area contributed by atoms with E-state index in [9.17, 15) is 4.79 Å². The summed E-state index contributed by atoms with van der Waals surface area (Å²) in [6.07, 6.45) is 1.88. The third-order valence-electron chi connectivity index (χ3n) is 3.83. The van der Waals surface area contributed by atoms with E-state index < -0.39 is 0 Å². The quantitative estimate of drug-likeness (QED) is 0.915. The van der Waals surface area contributed by atoms with E-state index in [0.717, 1.165) is 42.7 Å². The van der Waals surface area contributed by atoms with Crippen LogP contribution in [0.1, 0.15) is 18.4 Å². The highest BCUT2D eigenvalue weighted by atomic mass is 79.9. The average molecular weight is 341 g/mol. The van der Waals surface area contributed by atoms with Gasteiger partial charge in [0.15, 0.2) is 0 Å². The fraction of sp³-hybridized carbons (Fsp3) is 0.533. The fourth-order valence-electron chi connectivity index (χ4n) is 2.62. The van der Waals surface area contributed by atoms with Gasteiger partial charge in [-0.05, 0) is 59.6 Å². The Morgan fingerprint density at radius 1 is 1.45 bits per heavy atom. The highest BCUT2D eigenvalue weighted by Gasteiger charge is 2.24. The summed E-state index contributed by atoms with van der Waals surface area (Å²) in [7, 11) is 3.38. The van der Waals surface area contributed by atoms with Crippen molar-refractivity contribution >= 4 is 21.8 Å². The van der Waals surface area contributed by atoms with E-state index in [-0.39, 0.29) is 11.8 Å². The molecule has 0 aromatic heterocycles. The monoisotopic (exact) mass is 340 g/mol. The minimum Gasteiger partial charge on any atom is -0.496 e. The van der Waals surface area contributed by atoms with Gasteiger partial charge in [-0.1, -0.05) is 6.07 Å². The molecule has 0 aliphatic carbocycles. The number of benzene rings is 1. The number of hydrogen-bond donors (Lipinski definition) is 1. The Labute approximate surface area is 128 Å². The molecule has 0 saturated carbocycles. The molecule has 1 aliphatic rings. The zero-order valence-electron chi connectivity index (χ0n) is 12.0. The predicted molar refractivity (Wildman–Crippen MR) is 82.8 cm³/mol. The van der Waals surface area contributed by atoms with E-state index in [4.69, 9.17) is 4.74 Å². The van der Waals surface area contributed by atoms with Gasteiger partial charge in [0, 0.05) is 19.5 Å². The van der Waals surface area contributed by atoms with Gasteiger partial charge in [0.05, 0.1) is 11.6 Å². The van der Waals surface area contributed by atoms with Crippen LogP contribution in [0.4, 0.5) is 0 Å². The predicted octanol–water partition coefficient (Wildman–Crippen LogP) is 2.42. The molecule has 1 fully saturated rings. The number of halogens is 1. The molecule has 1 amide bonds. The van der Waals surface area contributed by atoms with Crippen molar-refractivity contribution < 1.29 is 9.53 Å². The van der Waals surface area contributed by atoms with Gasteiger partial charge in [0.1, 0.15) is 5.75 Å². The summed E-state index contributed by atoms with van der Waals surface area (Å²) in [4.78, 5) is 14.0. The van der Waals surface area contributed by atoms with Gasteiger partial charge in [-0.15, -0.1) is 0 Å². The Kier molecular flexibility index (Phi) is 5.43. The van der Waals surface area contributed by atoms with E-state index in [2.05, 4.69) is 38.3 Å². The first-order chi connectivity index (χ1) is 9.63. The second-order valence-electron chi connectivity index (χ2n) is 5.13. The van der Waals surface area contributed by atoms with Crippen molar-refractivity contribution in [2.45, 2.75) is 19.4 Å². The molecule has 1 aromatic rings. The maximum atomic E-state index is 11.6. The molecule has 1 saturated heterocycles. The number of hydrogen-bond acceptors (Lipinski definition) is 3. The van der Waals surface area contributed by atoms with E-state index >= 15 is 0 Å². The summed E-state index contributed by atoms with van der Waals surface area (Å²) < 4.78 is 6.22. The number of likely N-dealkylation sites (tertiary alicyclic amines) is 1. The lowest BCUT2D eigenvalue weighted by Gasteiger charge is -2.31. The third kappa shape index (κ3) is 3.73.